The first-order valence-electron chi connectivity index (χ1n) is 1.22. The van der Waals surface area contributed by atoms with Crippen molar-refractivity contribution >= 4 is 6.47 Å². The summed E-state index contributed by atoms with van der Waals surface area (Å²) in [4.78, 5) is 8.36. The molecule has 0 bridgehead atoms. The maximum Gasteiger partial charge on any atom is 0.290 e. The van der Waals surface area contributed by atoms with Crippen LogP contribution in [0.1, 0.15) is 0 Å². The smallest absolute Gasteiger partial charge is 0.290 e. The highest BCUT2D eigenvalue weighted by Gasteiger charge is 1.30. The molecular formula is C2H7NO3. The average Bonchev–Trinajstić information content (AvgIpc) is 1.39. The predicted molar refractivity (Wildman–Crippen MR) is 20.0 cm³/mol. The van der Waals surface area contributed by atoms with Crippen LogP contribution in [0.4, 0.5) is 0 Å². The highest BCUT2D eigenvalue weighted by molar-refractivity contribution is 5.32. The molecule has 0 unspecified atom stereocenters. The van der Waals surface area contributed by atoms with E-state index in [1.807, 2.05) is 0 Å². The van der Waals surface area contributed by atoms with Crippen LogP contribution in [-0.4, -0.2) is 23.4 Å². The quantitative estimate of drug-likeness (QED) is 0.254. The Morgan fingerprint density at radius 2 is 1.83 bits per heavy atom. The van der Waals surface area contributed by atoms with Crippen LogP contribution in [0.3, 0.4) is 0 Å². The molecule has 0 aliphatic carbocycles. The van der Waals surface area contributed by atoms with Crippen LogP contribution in [0.2, 0.25) is 0 Å². The summed E-state index contributed by atoms with van der Waals surface area (Å²) in [5.74, 6) is 0. The van der Waals surface area contributed by atoms with Gasteiger partial charge in [0.05, 0.1) is 6.73 Å². The van der Waals surface area contributed by atoms with E-state index < -0.39 is 0 Å². The maximum absolute atomic E-state index is 8.36. The van der Waals surface area contributed by atoms with E-state index in [-0.39, 0.29) is 13.2 Å². The van der Waals surface area contributed by atoms with Crippen LogP contribution in [-0.2, 0) is 4.79 Å². The van der Waals surface area contributed by atoms with Gasteiger partial charge in [-0.05, 0) is 0 Å². The molecular weight excluding hydrogens is 86.0 g/mol. The fourth-order valence-electron chi connectivity index (χ4n) is 0. The van der Waals surface area contributed by atoms with Gasteiger partial charge in [0.2, 0.25) is 0 Å². The summed E-state index contributed by atoms with van der Waals surface area (Å²) >= 11 is 0. The lowest BCUT2D eigenvalue weighted by Crippen LogP contribution is -1.92. The van der Waals surface area contributed by atoms with Gasteiger partial charge >= 0.3 is 0 Å². The minimum atomic E-state index is -0.250. The van der Waals surface area contributed by atoms with Crippen molar-refractivity contribution in [2.24, 2.45) is 5.73 Å². The third-order valence-corrected chi connectivity index (χ3v) is 0. The zero-order valence-electron chi connectivity index (χ0n) is 3.16. The Balaban J connectivity index is 0. The van der Waals surface area contributed by atoms with Crippen LogP contribution in [0.5, 0.6) is 0 Å². The van der Waals surface area contributed by atoms with Crippen molar-refractivity contribution in [3.8, 4) is 0 Å². The Kier molecular flexibility index (Phi) is 39.3. The Bertz CT molecular complexity index is 22.8. The molecule has 0 heterocycles. The van der Waals surface area contributed by atoms with E-state index in [1.165, 1.54) is 0 Å². The number of aliphatic hydroxyl groups excluding tert-OH is 1. The number of nitrogens with two attached hydrogens (primary N) is 1. The molecule has 0 rings (SSSR count). The molecule has 0 fully saturated rings. The van der Waals surface area contributed by atoms with Crippen LogP contribution < -0.4 is 5.73 Å². The molecule has 4 nitrogen and oxygen atoms in total. The molecule has 0 saturated carbocycles. The largest absolute Gasteiger partial charge is 0.483 e. The van der Waals surface area contributed by atoms with Crippen molar-refractivity contribution in [3.63, 3.8) is 0 Å². The van der Waals surface area contributed by atoms with E-state index in [0.29, 0.717) is 0 Å². The molecule has 0 amide bonds. The van der Waals surface area contributed by atoms with Gasteiger partial charge in [-0.3, -0.25) is 4.79 Å². The number of hydrogen-bond acceptors (Lipinski definition) is 3. The van der Waals surface area contributed by atoms with Gasteiger partial charge in [0, 0.05) is 0 Å². The third-order valence-electron chi connectivity index (χ3n) is 0. The molecule has 4 N–H and O–H groups in total. The minimum absolute atomic E-state index is 0.250. The molecule has 0 aromatic rings. The molecule has 6 heavy (non-hydrogen) atoms. The first-order chi connectivity index (χ1) is 2.83. The fourth-order valence-corrected chi connectivity index (χ4v) is 0. The first kappa shape index (κ1) is 9.04. The van der Waals surface area contributed by atoms with E-state index in [0.717, 1.165) is 0 Å². The Morgan fingerprint density at radius 3 is 1.83 bits per heavy atom. The molecule has 0 spiro atoms. The summed E-state index contributed by atoms with van der Waals surface area (Å²) < 4.78 is 0. The molecule has 0 aliphatic rings. The van der Waals surface area contributed by atoms with Gasteiger partial charge in [0.1, 0.15) is 0 Å². The zero-order valence-corrected chi connectivity index (χ0v) is 3.16. The number of hydrogen-bond donors (Lipinski definition) is 3. The first-order valence-corrected chi connectivity index (χ1v) is 1.22. The standard InChI is InChI=1S/CH5NO.CH2O2/c2*2-1-3/h3H,1-2H2;1H,(H,2,3). The highest BCUT2D eigenvalue weighted by atomic mass is 16.3. The zero-order chi connectivity index (χ0) is 5.41. The molecule has 4 heteroatoms. The molecule has 0 radical (unpaired) electrons. The normalized spacial score (nSPS) is 5.00. The van der Waals surface area contributed by atoms with Crippen molar-refractivity contribution in [1.29, 1.82) is 0 Å². The van der Waals surface area contributed by atoms with Gasteiger partial charge in [0.15, 0.2) is 0 Å². The van der Waals surface area contributed by atoms with Crippen molar-refractivity contribution < 1.29 is 15.0 Å². The van der Waals surface area contributed by atoms with Gasteiger partial charge in [-0.15, -0.1) is 0 Å². The van der Waals surface area contributed by atoms with Gasteiger partial charge in [-0.25, -0.2) is 0 Å². The van der Waals surface area contributed by atoms with Crippen LogP contribution in [0.15, 0.2) is 0 Å². The molecule has 0 aromatic heterocycles. The Hall–Kier alpha value is -0.610. The lowest BCUT2D eigenvalue weighted by molar-refractivity contribution is -0.122. The third kappa shape index (κ3) is 52.0. The highest BCUT2D eigenvalue weighted by Crippen LogP contribution is 1.04. The summed E-state index contributed by atoms with van der Waals surface area (Å²) in [6, 6.07) is 0. The maximum atomic E-state index is 8.36. The van der Waals surface area contributed by atoms with Crippen molar-refractivity contribution in [2.75, 3.05) is 6.73 Å². The number of carbonyl (C=O) groups is 1. The lowest BCUT2D eigenvalue weighted by Gasteiger charge is -1.56. The monoisotopic (exact) mass is 93.0 g/mol. The lowest BCUT2D eigenvalue weighted by atomic mass is 11.4. The van der Waals surface area contributed by atoms with Crippen LogP contribution >= 0.6 is 0 Å². The fraction of sp³-hybridized carbons (Fsp3) is 0.500. The molecule has 0 aromatic carbocycles. The molecule has 0 aliphatic heterocycles. The summed E-state index contributed by atoms with van der Waals surface area (Å²) in [6.07, 6.45) is 0. The number of aliphatic hydroxyl groups is 1. The van der Waals surface area contributed by atoms with Gasteiger partial charge in [0.25, 0.3) is 6.47 Å². The van der Waals surface area contributed by atoms with E-state index in [4.69, 9.17) is 15.0 Å². The van der Waals surface area contributed by atoms with Gasteiger partial charge in [-0.2, -0.15) is 0 Å². The summed E-state index contributed by atoms with van der Waals surface area (Å²) in [7, 11) is 0. The second kappa shape index (κ2) is 26.1. The summed E-state index contributed by atoms with van der Waals surface area (Å²) in [6.45, 7) is -0.500. The number of rotatable bonds is 0. The van der Waals surface area contributed by atoms with E-state index in [2.05, 4.69) is 5.73 Å². The van der Waals surface area contributed by atoms with Crippen LogP contribution in [0.25, 0.3) is 0 Å². The van der Waals surface area contributed by atoms with E-state index in [9.17, 15) is 0 Å². The summed E-state index contributed by atoms with van der Waals surface area (Å²) in [5.41, 5.74) is 4.40. The van der Waals surface area contributed by atoms with Crippen molar-refractivity contribution in [1.82, 2.24) is 0 Å². The SMILES string of the molecule is NCO.O=CO. The molecule has 0 atom stereocenters. The second-order valence-electron chi connectivity index (χ2n) is 0.288. The predicted octanol–water partition coefficient (Wildman–Crippen LogP) is -1.40. The topological polar surface area (TPSA) is 83.5 Å². The number of carboxylic acid groups (broad SMARTS) is 1. The minimum Gasteiger partial charge on any atom is -0.483 e. The molecule has 38 valence electrons. The van der Waals surface area contributed by atoms with Crippen molar-refractivity contribution in [3.05, 3.63) is 0 Å². The Labute approximate surface area is 35.2 Å². The summed E-state index contributed by atoms with van der Waals surface area (Å²) in [5, 5.41) is 14.2. The van der Waals surface area contributed by atoms with Crippen LogP contribution in [0, 0.1) is 0 Å². The van der Waals surface area contributed by atoms with E-state index in [1.54, 1.807) is 0 Å². The van der Waals surface area contributed by atoms with Gasteiger partial charge in [-0.1, -0.05) is 0 Å². The van der Waals surface area contributed by atoms with Gasteiger partial charge < -0.3 is 15.9 Å². The average molecular weight is 93.1 g/mol. The Morgan fingerprint density at radius 1 is 1.83 bits per heavy atom. The second-order valence-corrected chi connectivity index (χ2v) is 0.288. The molecule has 0 saturated heterocycles. The van der Waals surface area contributed by atoms with Crippen molar-refractivity contribution in [2.45, 2.75) is 0 Å². The van der Waals surface area contributed by atoms with E-state index >= 15 is 0 Å².